The molecule has 1 aliphatic rings. The lowest BCUT2D eigenvalue weighted by atomic mass is 10.1. The van der Waals surface area contributed by atoms with Crippen LogP contribution < -0.4 is 10.1 Å². The van der Waals surface area contributed by atoms with Crippen LogP contribution in [0.2, 0.25) is 0 Å². The highest BCUT2D eigenvalue weighted by atomic mass is 16.5. The van der Waals surface area contributed by atoms with Crippen molar-refractivity contribution < 1.29 is 19.1 Å². The maximum absolute atomic E-state index is 12.8. The van der Waals surface area contributed by atoms with Crippen LogP contribution in [0.5, 0.6) is 5.75 Å². The normalized spacial score (nSPS) is 16.1. The molecule has 1 unspecified atom stereocenters. The summed E-state index contributed by atoms with van der Waals surface area (Å²) in [5.74, 6) is 0.433. The molecular weight excluding hydrogens is 368 g/mol. The number of amides is 1. The first-order chi connectivity index (χ1) is 14.2. The minimum Gasteiger partial charge on any atom is -0.485 e. The Bertz CT molecular complexity index is 991. The van der Waals surface area contributed by atoms with E-state index in [1.807, 2.05) is 59.2 Å². The first kappa shape index (κ1) is 19.2. The van der Waals surface area contributed by atoms with Gasteiger partial charge in [-0.3, -0.25) is 9.59 Å². The summed E-state index contributed by atoms with van der Waals surface area (Å²) in [5.41, 5.74) is 1.41. The molecule has 6 nitrogen and oxygen atoms in total. The van der Waals surface area contributed by atoms with Crippen LogP contribution in [-0.2, 0) is 16.1 Å². The first-order valence-corrected chi connectivity index (χ1v) is 9.88. The number of Topliss-reactive ketones (excluding diaryl/α,β-unsaturated/α-hetero) is 1. The third kappa shape index (κ3) is 4.66. The third-order valence-electron chi connectivity index (χ3n) is 5.07. The summed E-state index contributed by atoms with van der Waals surface area (Å²) in [6, 6.07) is 16.8. The average Bonchev–Trinajstić information content (AvgIpc) is 3.40. The molecule has 29 heavy (non-hydrogen) atoms. The quantitative estimate of drug-likeness (QED) is 0.598. The van der Waals surface area contributed by atoms with Crippen molar-refractivity contribution in [3.05, 3.63) is 66.4 Å². The van der Waals surface area contributed by atoms with E-state index in [1.165, 1.54) is 0 Å². The zero-order valence-corrected chi connectivity index (χ0v) is 16.2. The molecule has 150 valence electrons. The van der Waals surface area contributed by atoms with Gasteiger partial charge in [-0.2, -0.15) is 0 Å². The molecule has 6 heteroatoms. The monoisotopic (exact) mass is 392 g/mol. The van der Waals surface area contributed by atoms with E-state index >= 15 is 0 Å². The van der Waals surface area contributed by atoms with Gasteiger partial charge in [-0.05, 0) is 31.0 Å². The average molecular weight is 392 g/mol. The van der Waals surface area contributed by atoms with E-state index in [0.29, 0.717) is 17.9 Å². The smallest absolute Gasteiger partial charge is 0.240 e. The zero-order valence-electron chi connectivity index (χ0n) is 16.2. The summed E-state index contributed by atoms with van der Waals surface area (Å²) < 4.78 is 13.0. The van der Waals surface area contributed by atoms with Crippen molar-refractivity contribution in [2.24, 2.45) is 0 Å². The summed E-state index contributed by atoms with van der Waals surface area (Å²) in [6.45, 7) is 1.39. The molecule has 2 aromatic carbocycles. The molecular formula is C23H24N2O4. The van der Waals surface area contributed by atoms with Crippen LogP contribution in [0.3, 0.4) is 0 Å². The third-order valence-corrected chi connectivity index (χ3v) is 5.07. The topological polar surface area (TPSA) is 69.6 Å². The number of ketones is 1. The molecule has 0 spiro atoms. The van der Waals surface area contributed by atoms with Crippen molar-refractivity contribution in [3.63, 3.8) is 0 Å². The van der Waals surface area contributed by atoms with Gasteiger partial charge in [0.1, 0.15) is 12.3 Å². The van der Waals surface area contributed by atoms with E-state index in [1.54, 1.807) is 6.20 Å². The Morgan fingerprint density at radius 2 is 1.90 bits per heavy atom. The van der Waals surface area contributed by atoms with Gasteiger partial charge in [-0.1, -0.05) is 36.4 Å². The summed E-state index contributed by atoms with van der Waals surface area (Å²) in [4.78, 5) is 25.2. The Morgan fingerprint density at radius 3 is 2.69 bits per heavy atom. The molecule has 0 aliphatic carbocycles. The summed E-state index contributed by atoms with van der Waals surface area (Å²) >= 11 is 0. The van der Waals surface area contributed by atoms with E-state index < -0.39 is 0 Å². The van der Waals surface area contributed by atoms with Gasteiger partial charge in [0.25, 0.3) is 0 Å². The lowest BCUT2D eigenvalue weighted by Crippen LogP contribution is -2.34. The summed E-state index contributed by atoms with van der Waals surface area (Å²) in [7, 11) is 0. The number of para-hydroxylation sites is 2. The van der Waals surface area contributed by atoms with Gasteiger partial charge in [0.05, 0.1) is 6.10 Å². The molecule has 3 aromatic rings. The molecule has 1 N–H and O–H groups in total. The second-order valence-corrected chi connectivity index (χ2v) is 7.15. The molecule has 2 heterocycles. The number of benzene rings is 2. The van der Waals surface area contributed by atoms with Gasteiger partial charge in [0, 0.05) is 35.8 Å². The zero-order chi connectivity index (χ0) is 20.1. The van der Waals surface area contributed by atoms with Crippen molar-refractivity contribution in [1.82, 2.24) is 9.88 Å². The Balaban J connectivity index is 1.45. The van der Waals surface area contributed by atoms with E-state index in [0.717, 1.165) is 30.4 Å². The Hall–Kier alpha value is -3.12. The maximum atomic E-state index is 12.8. The number of rotatable bonds is 8. The number of nitrogens with zero attached hydrogens (tertiary/aromatic N) is 1. The number of carbonyl (C=O) groups is 2. The van der Waals surface area contributed by atoms with Crippen LogP contribution >= 0.6 is 0 Å². The summed E-state index contributed by atoms with van der Waals surface area (Å²) in [6.07, 6.45) is 3.87. The van der Waals surface area contributed by atoms with Gasteiger partial charge >= 0.3 is 0 Å². The van der Waals surface area contributed by atoms with Crippen LogP contribution in [0.25, 0.3) is 10.9 Å². The van der Waals surface area contributed by atoms with E-state index in [-0.39, 0.29) is 30.9 Å². The number of fused-ring (bicyclic) bond motifs is 1. The molecule has 0 radical (unpaired) electrons. The molecule has 1 aromatic heterocycles. The highest BCUT2D eigenvalue weighted by Gasteiger charge is 2.19. The van der Waals surface area contributed by atoms with Gasteiger partial charge in [0.15, 0.2) is 6.61 Å². The predicted octanol–water partition coefficient (Wildman–Crippen LogP) is 3.20. The van der Waals surface area contributed by atoms with Crippen LogP contribution in [0.4, 0.5) is 0 Å². The lowest BCUT2D eigenvalue weighted by Gasteiger charge is -2.11. The van der Waals surface area contributed by atoms with Crippen LogP contribution in [0.1, 0.15) is 23.2 Å². The van der Waals surface area contributed by atoms with Crippen LogP contribution in [0.15, 0.2) is 60.8 Å². The second-order valence-electron chi connectivity index (χ2n) is 7.15. The number of ether oxygens (including phenoxy) is 2. The minimum absolute atomic E-state index is 0.0523. The number of nitrogens with one attached hydrogen (secondary N) is 1. The van der Waals surface area contributed by atoms with Gasteiger partial charge in [-0.15, -0.1) is 0 Å². The van der Waals surface area contributed by atoms with E-state index in [4.69, 9.17) is 9.47 Å². The van der Waals surface area contributed by atoms with Gasteiger partial charge in [0.2, 0.25) is 11.7 Å². The van der Waals surface area contributed by atoms with Gasteiger partial charge < -0.3 is 19.4 Å². The minimum atomic E-state index is -0.122. The van der Waals surface area contributed by atoms with Crippen molar-refractivity contribution in [3.8, 4) is 5.75 Å². The van der Waals surface area contributed by atoms with Crippen molar-refractivity contribution in [2.75, 3.05) is 19.8 Å². The van der Waals surface area contributed by atoms with Crippen LogP contribution in [0, 0.1) is 0 Å². The number of hydrogen-bond acceptors (Lipinski definition) is 4. The molecule has 1 amide bonds. The molecule has 1 atom stereocenters. The molecule has 1 saturated heterocycles. The fourth-order valence-corrected chi connectivity index (χ4v) is 3.59. The Labute approximate surface area is 169 Å². The molecule has 0 bridgehead atoms. The van der Waals surface area contributed by atoms with Crippen molar-refractivity contribution in [1.29, 1.82) is 0 Å². The first-order valence-electron chi connectivity index (χ1n) is 9.88. The molecule has 0 saturated carbocycles. The molecule has 1 aliphatic heterocycles. The predicted molar refractivity (Wildman–Crippen MR) is 110 cm³/mol. The number of aromatic nitrogens is 1. The van der Waals surface area contributed by atoms with Gasteiger partial charge in [-0.25, -0.2) is 0 Å². The molecule has 4 rings (SSSR count). The van der Waals surface area contributed by atoms with Crippen molar-refractivity contribution in [2.45, 2.75) is 25.5 Å². The van der Waals surface area contributed by atoms with E-state index in [9.17, 15) is 9.59 Å². The molecule has 1 fully saturated rings. The highest BCUT2D eigenvalue weighted by Crippen LogP contribution is 2.22. The fraction of sp³-hybridized carbons (Fsp3) is 0.304. The Kier molecular flexibility index (Phi) is 5.91. The SMILES string of the molecule is O=C(Cn1cc(C(=O)COc2ccccc2)c2ccccc21)NCC1CCCO1. The van der Waals surface area contributed by atoms with Crippen molar-refractivity contribution >= 4 is 22.6 Å². The fourth-order valence-electron chi connectivity index (χ4n) is 3.59. The number of carbonyl (C=O) groups excluding carboxylic acids is 2. The highest BCUT2D eigenvalue weighted by molar-refractivity contribution is 6.09. The largest absolute Gasteiger partial charge is 0.485 e. The number of hydrogen-bond donors (Lipinski definition) is 1. The van der Waals surface area contributed by atoms with Crippen LogP contribution in [-0.4, -0.2) is 42.1 Å². The Morgan fingerprint density at radius 1 is 1.10 bits per heavy atom. The summed E-state index contributed by atoms with van der Waals surface area (Å²) in [5, 5.41) is 3.75. The lowest BCUT2D eigenvalue weighted by molar-refractivity contribution is -0.122. The van der Waals surface area contributed by atoms with E-state index in [2.05, 4.69) is 5.32 Å². The maximum Gasteiger partial charge on any atom is 0.240 e. The second kappa shape index (κ2) is 8.92. The standard InChI is InChI=1S/C23H24N2O4/c26-22(16-29-17-7-2-1-3-8-17)20-14-25(21-11-5-4-10-19(20)21)15-23(27)24-13-18-9-6-12-28-18/h1-5,7-8,10-11,14,18H,6,9,12-13,15-16H2,(H,24,27).